The lowest BCUT2D eigenvalue weighted by Gasteiger charge is -2.15. The number of benzene rings is 1. The third-order valence-electron chi connectivity index (χ3n) is 4.25. The van der Waals surface area contributed by atoms with E-state index in [2.05, 4.69) is 30.3 Å². The number of aromatic amines is 1. The second kappa shape index (κ2) is 6.01. The molecule has 9 heteroatoms. The molecule has 0 radical (unpaired) electrons. The molecule has 0 spiro atoms. The van der Waals surface area contributed by atoms with Crippen molar-refractivity contribution < 1.29 is 8.42 Å². The topological polar surface area (TPSA) is 112 Å². The van der Waals surface area contributed by atoms with Crippen LogP contribution in [0.4, 0.5) is 17.2 Å². The molecule has 8 nitrogen and oxygen atoms in total. The molecular weight excluding hydrogens is 340 g/mol. The molecule has 0 saturated carbocycles. The maximum Gasteiger partial charge on any atom is 0.240 e. The van der Waals surface area contributed by atoms with E-state index in [4.69, 9.17) is 0 Å². The van der Waals surface area contributed by atoms with Crippen LogP contribution >= 0.6 is 0 Å². The lowest BCUT2D eigenvalue weighted by molar-refractivity contribution is 0.588. The fourth-order valence-corrected chi connectivity index (χ4v) is 3.80. The van der Waals surface area contributed by atoms with Crippen molar-refractivity contribution in [1.82, 2.24) is 19.7 Å². The molecule has 0 aliphatic carbocycles. The first-order valence-corrected chi connectivity index (χ1v) is 9.47. The second-order valence-electron chi connectivity index (χ2n) is 5.82. The summed E-state index contributed by atoms with van der Waals surface area (Å²) < 4.78 is 26.3. The minimum atomic E-state index is -3.50. The highest BCUT2D eigenvalue weighted by atomic mass is 32.2. The van der Waals surface area contributed by atoms with Crippen LogP contribution in [0.2, 0.25) is 0 Å². The molecule has 25 heavy (non-hydrogen) atoms. The summed E-state index contributed by atoms with van der Waals surface area (Å²) in [6, 6.07) is 6.61. The van der Waals surface area contributed by atoms with Crippen LogP contribution in [0.1, 0.15) is 12.1 Å². The van der Waals surface area contributed by atoms with Gasteiger partial charge in [0.2, 0.25) is 10.0 Å². The average molecular weight is 358 g/mol. The van der Waals surface area contributed by atoms with E-state index in [0.717, 1.165) is 41.8 Å². The van der Waals surface area contributed by atoms with E-state index in [-0.39, 0.29) is 4.90 Å². The highest BCUT2D eigenvalue weighted by molar-refractivity contribution is 7.89. The number of nitrogens with one attached hydrogen (secondary N) is 4. The summed E-state index contributed by atoms with van der Waals surface area (Å²) >= 11 is 0. The van der Waals surface area contributed by atoms with Crippen molar-refractivity contribution in [1.29, 1.82) is 0 Å². The molecule has 130 valence electrons. The Labute approximate surface area is 145 Å². The normalized spacial score (nSPS) is 14.1. The zero-order valence-corrected chi connectivity index (χ0v) is 14.4. The van der Waals surface area contributed by atoms with E-state index in [1.807, 2.05) is 0 Å². The maximum atomic E-state index is 12.0. The van der Waals surface area contributed by atoms with Gasteiger partial charge in [0.15, 0.2) is 0 Å². The summed E-state index contributed by atoms with van der Waals surface area (Å²) in [6.45, 7) is 0.907. The number of hydrogen-bond donors (Lipinski definition) is 4. The number of nitrogens with zero attached hydrogens (tertiary/aromatic N) is 2. The maximum absolute atomic E-state index is 12.0. The summed E-state index contributed by atoms with van der Waals surface area (Å²) in [6.07, 6.45) is 3.52. The molecule has 0 saturated heterocycles. The third-order valence-corrected chi connectivity index (χ3v) is 5.66. The molecule has 0 amide bonds. The SMILES string of the molecule is CNS(=O)(=O)c1cccc(Nc2ncnc3[nH]c4c(c23)NCCC4)c1. The molecule has 4 rings (SSSR count). The molecule has 1 aromatic carbocycles. The molecule has 0 unspecified atom stereocenters. The molecule has 0 atom stereocenters. The standard InChI is InChI=1S/C16H18N6O2S/c1-17-25(23,24)11-5-2-4-10(8-11)21-15-13-14-12(6-3-7-18-14)22-16(13)20-9-19-15/h2,4-5,8-9,17-18H,3,6-7H2,1H3,(H2,19,20,21,22). The molecule has 2 aromatic heterocycles. The van der Waals surface area contributed by atoms with Gasteiger partial charge in [0.05, 0.1) is 16.0 Å². The van der Waals surface area contributed by atoms with Gasteiger partial charge < -0.3 is 15.6 Å². The highest BCUT2D eigenvalue weighted by Crippen LogP contribution is 2.35. The first-order chi connectivity index (χ1) is 12.1. The van der Waals surface area contributed by atoms with Crippen molar-refractivity contribution in [2.45, 2.75) is 17.7 Å². The monoisotopic (exact) mass is 358 g/mol. The van der Waals surface area contributed by atoms with Crippen LogP contribution in [0, 0.1) is 0 Å². The third kappa shape index (κ3) is 2.81. The van der Waals surface area contributed by atoms with Crippen LogP contribution in [-0.2, 0) is 16.4 Å². The van der Waals surface area contributed by atoms with Gasteiger partial charge in [-0.2, -0.15) is 0 Å². The van der Waals surface area contributed by atoms with E-state index in [9.17, 15) is 8.42 Å². The Kier molecular flexibility index (Phi) is 3.81. The quantitative estimate of drug-likeness (QED) is 0.567. The van der Waals surface area contributed by atoms with Gasteiger partial charge in [0.25, 0.3) is 0 Å². The molecule has 4 N–H and O–H groups in total. The first kappa shape index (κ1) is 15.9. The van der Waals surface area contributed by atoms with Gasteiger partial charge in [-0.05, 0) is 38.1 Å². The Hall–Kier alpha value is -2.65. The predicted octanol–water partition coefficient (Wildman–Crippen LogP) is 1.97. The van der Waals surface area contributed by atoms with Crippen LogP contribution < -0.4 is 15.4 Å². The minimum absolute atomic E-state index is 0.194. The van der Waals surface area contributed by atoms with Crippen LogP contribution in [0.25, 0.3) is 11.0 Å². The summed E-state index contributed by atoms with van der Waals surface area (Å²) in [4.78, 5) is 12.2. The summed E-state index contributed by atoms with van der Waals surface area (Å²) in [5.41, 5.74) is 3.54. The smallest absolute Gasteiger partial charge is 0.240 e. The molecule has 3 heterocycles. The fraction of sp³-hybridized carbons (Fsp3) is 0.250. The van der Waals surface area contributed by atoms with Gasteiger partial charge in [-0.15, -0.1) is 0 Å². The van der Waals surface area contributed by atoms with Crippen LogP contribution in [0.15, 0.2) is 35.5 Å². The fourth-order valence-electron chi connectivity index (χ4n) is 3.02. The summed E-state index contributed by atoms with van der Waals surface area (Å²) in [7, 11) is -2.11. The van der Waals surface area contributed by atoms with Gasteiger partial charge in [-0.25, -0.2) is 23.1 Å². The minimum Gasteiger partial charge on any atom is -0.383 e. The molecule has 0 bridgehead atoms. The van der Waals surface area contributed by atoms with Gasteiger partial charge >= 0.3 is 0 Å². The van der Waals surface area contributed by atoms with Crippen LogP contribution in [0.5, 0.6) is 0 Å². The van der Waals surface area contributed by atoms with E-state index in [1.165, 1.54) is 13.4 Å². The zero-order chi connectivity index (χ0) is 17.4. The van der Waals surface area contributed by atoms with Gasteiger partial charge in [-0.3, -0.25) is 0 Å². The number of aryl methyl sites for hydroxylation is 1. The lowest BCUT2D eigenvalue weighted by Crippen LogP contribution is -2.18. The van der Waals surface area contributed by atoms with E-state index >= 15 is 0 Å². The largest absolute Gasteiger partial charge is 0.383 e. The Morgan fingerprint density at radius 1 is 1.24 bits per heavy atom. The van der Waals surface area contributed by atoms with Gasteiger partial charge in [0.1, 0.15) is 17.8 Å². The second-order valence-corrected chi connectivity index (χ2v) is 7.70. The number of anilines is 3. The number of fused-ring (bicyclic) bond motifs is 3. The first-order valence-electron chi connectivity index (χ1n) is 7.98. The number of aromatic nitrogens is 3. The van der Waals surface area contributed by atoms with Crippen molar-refractivity contribution in [3.8, 4) is 0 Å². The van der Waals surface area contributed by atoms with E-state index in [0.29, 0.717) is 11.5 Å². The van der Waals surface area contributed by atoms with E-state index < -0.39 is 10.0 Å². The van der Waals surface area contributed by atoms with Crippen molar-refractivity contribution in [3.05, 3.63) is 36.3 Å². The molecule has 1 aliphatic rings. The Morgan fingerprint density at radius 2 is 2.12 bits per heavy atom. The molecule has 0 fully saturated rings. The highest BCUT2D eigenvalue weighted by Gasteiger charge is 2.19. The number of hydrogen-bond acceptors (Lipinski definition) is 6. The van der Waals surface area contributed by atoms with Crippen molar-refractivity contribution >= 4 is 38.2 Å². The molecular formula is C16H18N6O2S. The van der Waals surface area contributed by atoms with Crippen LogP contribution in [-0.4, -0.2) is 37.0 Å². The predicted molar refractivity (Wildman–Crippen MR) is 96.7 cm³/mol. The average Bonchev–Trinajstić information content (AvgIpc) is 3.01. The van der Waals surface area contributed by atoms with Gasteiger partial charge in [-0.1, -0.05) is 6.07 Å². The van der Waals surface area contributed by atoms with Gasteiger partial charge in [0, 0.05) is 17.9 Å². The Balaban J connectivity index is 1.77. The van der Waals surface area contributed by atoms with E-state index in [1.54, 1.807) is 24.3 Å². The number of rotatable bonds is 4. The van der Waals surface area contributed by atoms with Crippen LogP contribution in [0.3, 0.4) is 0 Å². The summed E-state index contributed by atoms with van der Waals surface area (Å²) in [5, 5.41) is 7.50. The Bertz CT molecular complexity index is 1040. The van der Waals surface area contributed by atoms with Crippen molar-refractivity contribution in [2.24, 2.45) is 0 Å². The number of sulfonamides is 1. The summed E-state index contributed by atoms with van der Waals surface area (Å²) in [5.74, 6) is 0.635. The number of H-pyrrole nitrogens is 1. The molecule has 3 aromatic rings. The Morgan fingerprint density at radius 3 is 2.96 bits per heavy atom. The molecule has 1 aliphatic heterocycles. The lowest BCUT2D eigenvalue weighted by atomic mass is 10.1. The van der Waals surface area contributed by atoms with Crippen molar-refractivity contribution in [3.63, 3.8) is 0 Å². The van der Waals surface area contributed by atoms with Crippen molar-refractivity contribution in [2.75, 3.05) is 24.2 Å². The zero-order valence-electron chi connectivity index (χ0n) is 13.6.